The molecule has 0 aliphatic carbocycles. The maximum Gasteiger partial charge on any atom is 0.339 e. The van der Waals surface area contributed by atoms with Crippen molar-refractivity contribution in [1.82, 2.24) is 20.2 Å². The van der Waals surface area contributed by atoms with Gasteiger partial charge < -0.3 is 35.5 Å². The lowest BCUT2D eigenvalue weighted by molar-refractivity contribution is -0.126. The molecule has 15 heteroatoms. The summed E-state index contributed by atoms with van der Waals surface area (Å²) in [7, 11) is 4.27. The number of rotatable bonds is 9. The minimum absolute atomic E-state index is 0.122. The first-order valence-corrected chi connectivity index (χ1v) is 20.0. The average Bonchev–Trinajstić information content (AvgIpc) is 3.45. The van der Waals surface area contributed by atoms with Gasteiger partial charge in [0.25, 0.3) is 5.91 Å². The molecule has 3 heterocycles. The number of amides is 2. The lowest BCUT2D eigenvalue weighted by atomic mass is 9.94. The molecular formula is C47H41ClFN7O6. The summed E-state index contributed by atoms with van der Waals surface area (Å²) in [5.41, 5.74) is 11.0. The van der Waals surface area contributed by atoms with Gasteiger partial charge in [0.2, 0.25) is 11.9 Å². The second kappa shape index (κ2) is 19.4. The fourth-order valence-corrected chi connectivity index (χ4v) is 7.45. The van der Waals surface area contributed by atoms with E-state index >= 15 is 4.39 Å². The zero-order valence-electron chi connectivity index (χ0n) is 34.1. The summed E-state index contributed by atoms with van der Waals surface area (Å²) in [5, 5.41) is 6.54. The van der Waals surface area contributed by atoms with Gasteiger partial charge in [0.1, 0.15) is 17.3 Å². The maximum absolute atomic E-state index is 15.3. The van der Waals surface area contributed by atoms with Crippen LogP contribution in [0.2, 0.25) is 5.02 Å². The minimum Gasteiger partial charge on any atom is -0.496 e. The summed E-state index contributed by atoms with van der Waals surface area (Å²) in [4.78, 5) is 54.8. The normalized spacial score (nSPS) is 13.1. The van der Waals surface area contributed by atoms with Gasteiger partial charge in [-0.05, 0) is 67.4 Å². The van der Waals surface area contributed by atoms with Gasteiger partial charge in [-0.15, -0.1) is 0 Å². The van der Waals surface area contributed by atoms with Crippen molar-refractivity contribution >= 4 is 46.7 Å². The first-order valence-electron chi connectivity index (χ1n) is 19.6. The number of hydrogen-bond acceptors (Lipinski definition) is 11. The van der Waals surface area contributed by atoms with E-state index in [1.54, 1.807) is 71.8 Å². The Morgan fingerprint density at radius 1 is 0.919 bits per heavy atom. The number of anilines is 2. The van der Waals surface area contributed by atoms with E-state index in [0.717, 1.165) is 5.56 Å². The molecule has 2 aliphatic rings. The predicted octanol–water partition coefficient (Wildman–Crippen LogP) is 6.16. The third kappa shape index (κ3) is 9.37. The number of esters is 1. The van der Waals surface area contributed by atoms with Crippen LogP contribution in [0.3, 0.4) is 0 Å². The Labute approximate surface area is 362 Å². The van der Waals surface area contributed by atoms with Gasteiger partial charge in [-0.1, -0.05) is 47.4 Å². The molecular weight excluding hydrogens is 813 g/mol. The van der Waals surface area contributed by atoms with Gasteiger partial charge in [0.05, 0.1) is 69.1 Å². The van der Waals surface area contributed by atoms with Crippen molar-refractivity contribution in [2.24, 2.45) is 16.6 Å². The van der Waals surface area contributed by atoms with Gasteiger partial charge in [-0.25, -0.2) is 19.2 Å². The number of hydrogen-bond donors (Lipinski definition) is 3. The second-order valence-electron chi connectivity index (χ2n) is 14.1. The zero-order valence-corrected chi connectivity index (χ0v) is 34.9. The Bertz CT molecular complexity index is 2730. The highest BCUT2D eigenvalue weighted by Gasteiger charge is 2.30. The van der Waals surface area contributed by atoms with Crippen LogP contribution in [0.1, 0.15) is 61.4 Å². The second-order valence-corrected chi connectivity index (χ2v) is 14.6. The molecule has 1 saturated heterocycles. The Kier molecular flexibility index (Phi) is 13.4. The van der Waals surface area contributed by atoms with Crippen molar-refractivity contribution in [3.05, 3.63) is 129 Å². The van der Waals surface area contributed by atoms with Crippen LogP contribution in [-0.2, 0) is 16.1 Å². The first kappa shape index (κ1) is 42.8. The fraction of sp³-hybridized carbons (Fsp3) is 0.234. The molecule has 2 amide bonds. The molecule has 1 aromatic heterocycles. The standard InChI is InChI=1S/C47H41ClFN7O6/c1-60-39-10-4-9-38(49)41(39)43-37-24-32(48)12-15-35(37)42-31(26-52-43)27-53-47(55-42)54-33-13-16-36(40(25-33)61-2)45(58)56-21-17-29(18-22-56)44(57)51-20-6-7-28-11-14-34(46(59)62-3)30(23-28)8-5-19-50/h4,9-16,23-25,27,29H,17-22,26,50H2,1-3H3,(H,51,57)(H,53,54,55). The highest BCUT2D eigenvalue weighted by molar-refractivity contribution is 6.31. The monoisotopic (exact) mass is 853 g/mol. The van der Waals surface area contributed by atoms with E-state index in [1.807, 2.05) is 6.07 Å². The molecule has 0 spiro atoms. The van der Waals surface area contributed by atoms with E-state index in [2.05, 4.69) is 39.3 Å². The molecule has 2 aliphatic heterocycles. The van der Waals surface area contributed by atoms with Crippen LogP contribution in [-0.4, -0.2) is 85.9 Å². The Morgan fingerprint density at radius 2 is 1.71 bits per heavy atom. The number of aromatic nitrogens is 2. The van der Waals surface area contributed by atoms with E-state index in [9.17, 15) is 14.4 Å². The number of methoxy groups -OCH3 is 3. The number of nitrogens with zero attached hydrogens (tertiary/aromatic N) is 4. The van der Waals surface area contributed by atoms with E-state index in [1.165, 1.54) is 27.4 Å². The molecule has 62 heavy (non-hydrogen) atoms. The van der Waals surface area contributed by atoms with Crippen molar-refractivity contribution in [3.63, 3.8) is 0 Å². The number of piperidine rings is 1. The van der Waals surface area contributed by atoms with Gasteiger partial charge >= 0.3 is 5.97 Å². The molecule has 5 aromatic rings. The third-order valence-electron chi connectivity index (χ3n) is 10.4. The van der Waals surface area contributed by atoms with Crippen molar-refractivity contribution in [1.29, 1.82) is 0 Å². The number of carbonyl (C=O) groups is 3. The summed E-state index contributed by atoms with van der Waals surface area (Å²) in [5.74, 6) is 10.9. The smallest absolute Gasteiger partial charge is 0.339 e. The Morgan fingerprint density at radius 3 is 2.47 bits per heavy atom. The number of ether oxygens (including phenoxy) is 3. The highest BCUT2D eigenvalue weighted by Crippen LogP contribution is 2.37. The minimum atomic E-state index is -0.512. The highest BCUT2D eigenvalue weighted by atomic mass is 35.5. The number of carbonyl (C=O) groups excluding carboxylic acids is 3. The molecule has 0 saturated carbocycles. The van der Waals surface area contributed by atoms with Crippen molar-refractivity contribution in [2.75, 3.05) is 52.8 Å². The first-order chi connectivity index (χ1) is 30.1. The number of benzene rings is 4. The predicted molar refractivity (Wildman–Crippen MR) is 233 cm³/mol. The zero-order chi connectivity index (χ0) is 43.8. The van der Waals surface area contributed by atoms with Crippen LogP contribution in [0.25, 0.3) is 11.3 Å². The van der Waals surface area contributed by atoms with Crippen molar-refractivity contribution in [3.8, 4) is 46.4 Å². The molecule has 0 bridgehead atoms. The van der Waals surface area contributed by atoms with Crippen LogP contribution in [0.5, 0.6) is 11.5 Å². The average molecular weight is 854 g/mol. The summed E-state index contributed by atoms with van der Waals surface area (Å²) >= 11 is 6.46. The molecule has 0 radical (unpaired) electrons. The van der Waals surface area contributed by atoms with Gasteiger partial charge in [-0.3, -0.25) is 14.6 Å². The Hall–Kier alpha value is -7.26. The number of aliphatic imine (C=N–C) groups is 1. The van der Waals surface area contributed by atoms with Crippen LogP contribution in [0.15, 0.2) is 84.0 Å². The number of nitrogens with two attached hydrogens (primary N) is 1. The molecule has 0 unspecified atom stereocenters. The molecule has 13 nitrogen and oxygen atoms in total. The number of likely N-dealkylation sites (tertiary alicyclic amines) is 1. The largest absolute Gasteiger partial charge is 0.496 e. The summed E-state index contributed by atoms with van der Waals surface area (Å²) in [6.45, 7) is 1.21. The molecule has 314 valence electrons. The van der Waals surface area contributed by atoms with Gasteiger partial charge in [-0.2, -0.15) is 0 Å². The number of fused-ring (bicyclic) bond motifs is 3. The molecule has 4 N–H and O–H groups in total. The van der Waals surface area contributed by atoms with Crippen LogP contribution >= 0.6 is 11.6 Å². The summed E-state index contributed by atoms with van der Waals surface area (Å²) < 4.78 is 31.3. The Balaban J connectivity index is 0.985. The van der Waals surface area contributed by atoms with Crippen molar-refractivity contribution < 1.29 is 33.0 Å². The van der Waals surface area contributed by atoms with Gasteiger partial charge in [0, 0.05) is 69.8 Å². The van der Waals surface area contributed by atoms with E-state index in [0.29, 0.717) is 92.9 Å². The topological polar surface area (TPSA) is 170 Å². The van der Waals surface area contributed by atoms with Crippen molar-refractivity contribution in [2.45, 2.75) is 19.4 Å². The fourth-order valence-electron chi connectivity index (χ4n) is 7.27. The molecule has 0 atom stereocenters. The SMILES string of the molecule is COC(=O)c1ccc(C#CCNC(=O)C2CCN(C(=O)c3ccc(Nc4ncc5c(n4)-c4ccc(Cl)cc4C(c4c(F)cccc4OC)=NC5)cc3OC)CC2)cc1C#CCN. The lowest BCUT2D eigenvalue weighted by Gasteiger charge is -2.31. The quantitative estimate of drug-likeness (QED) is 0.115. The van der Waals surface area contributed by atoms with E-state index in [-0.39, 0.29) is 48.9 Å². The maximum atomic E-state index is 15.3. The van der Waals surface area contributed by atoms with Crippen LogP contribution in [0, 0.1) is 35.4 Å². The third-order valence-corrected chi connectivity index (χ3v) is 10.6. The van der Waals surface area contributed by atoms with Crippen LogP contribution < -0.4 is 25.8 Å². The lowest BCUT2D eigenvalue weighted by Crippen LogP contribution is -2.43. The molecule has 7 rings (SSSR count). The summed E-state index contributed by atoms with van der Waals surface area (Å²) in [6, 6.07) is 20.0. The number of halogens is 2. The van der Waals surface area contributed by atoms with Crippen LogP contribution in [0.4, 0.5) is 16.0 Å². The van der Waals surface area contributed by atoms with Gasteiger partial charge in [0.15, 0.2) is 0 Å². The molecule has 4 aromatic carbocycles. The molecule has 1 fully saturated rings. The van der Waals surface area contributed by atoms with E-state index in [4.69, 9.17) is 41.5 Å². The number of nitrogens with one attached hydrogen (secondary N) is 2. The summed E-state index contributed by atoms with van der Waals surface area (Å²) in [6.07, 6.45) is 2.64. The van der Waals surface area contributed by atoms with E-state index < -0.39 is 11.8 Å².